The molecule has 0 saturated heterocycles. The number of anilines is 1. The summed E-state index contributed by atoms with van der Waals surface area (Å²) in [4.78, 5) is 13.4. The van der Waals surface area contributed by atoms with Crippen LogP contribution in [0.25, 0.3) is 0 Å². The minimum absolute atomic E-state index is 0.134. The van der Waals surface area contributed by atoms with Crippen LogP contribution in [-0.4, -0.2) is 17.3 Å². The van der Waals surface area contributed by atoms with Crippen molar-refractivity contribution in [1.82, 2.24) is 4.98 Å². The molecule has 0 aliphatic rings. The molecule has 3 nitrogen and oxygen atoms in total. The number of aromatic amines is 1. The minimum atomic E-state index is 0.134. The van der Waals surface area contributed by atoms with Crippen LogP contribution in [0.5, 0.6) is 0 Å². The molecule has 1 aromatic rings. The summed E-state index contributed by atoms with van der Waals surface area (Å²) in [6, 6.07) is 3.76. The maximum atomic E-state index is 10.5. The molecule has 0 aliphatic heterocycles. The predicted octanol–water partition coefficient (Wildman–Crippen LogP) is 1.02. The van der Waals surface area contributed by atoms with E-state index in [2.05, 4.69) is 10.3 Å². The Labute approximate surface area is 59.4 Å². The summed E-state index contributed by atoms with van der Waals surface area (Å²) in [5, 5.41) is 2.92. The van der Waals surface area contributed by atoms with Gasteiger partial charge in [-0.3, -0.25) is 4.79 Å². The molecule has 54 valence electrons. The van der Waals surface area contributed by atoms with E-state index >= 15 is 0 Å². The standard InChI is InChI=1S/C7H10N2O/c1-6(10)5-9-7-3-2-4-8-7/h2-4,8-9H,5H2,1H3. The van der Waals surface area contributed by atoms with Gasteiger partial charge in [0, 0.05) is 6.20 Å². The Bertz CT molecular complexity index is 203. The van der Waals surface area contributed by atoms with Crippen LogP contribution < -0.4 is 5.32 Å². The van der Waals surface area contributed by atoms with E-state index in [4.69, 9.17) is 0 Å². The molecule has 2 N–H and O–H groups in total. The lowest BCUT2D eigenvalue weighted by atomic mass is 10.4. The Morgan fingerprint density at radius 1 is 1.80 bits per heavy atom. The number of nitrogens with one attached hydrogen (secondary N) is 2. The second kappa shape index (κ2) is 3.06. The molecule has 0 amide bonds. The summed E-state index contributed by atoms with van der Waals surface area (Å²) in [7, 11) is 0. The number of hydrogen-bond donors (Lipinski definition) is 2. The SMILES string of the molecule is CC(=O)CNc1ccc[nH]1. The fraction of sp³-hybridized carbons (Fsp3) is 0.286. The van der Waals surface area contributed by atoms with Crippen LogP contribution >= 0.6 is 0 Å². The topological polar surface area (TPSA) is 44.9 Å². The summed E-state index contributed by atoms with van der Waals surface area (Å²) in [6.07, 6.45) is 1.81. The van der Waals surface area contributed by atoms with Gasteiger partial charge in [-0.05, 0) is 19.1 Å². The van der Waals surface area contributed by atoms with E-state index in [0.717, 1.165) is 5.82 Å². The van der Waals surface area contributed by atoms with E-state index in [1.807, 2.05) is 18.3 Å². The zero-order valence-corrected chi connectivity index (χ0v) is 5.85. The van der Waals surface area contributed by atoms with Gasteiger partial charge in [-0.25, -0.2) is 0 Å². The quantitative estimate of drug-likeness (QED) is 0.654. The van der Waals surface area contributed by atoms with Gasteiger partial charge in [-0.15, -0.1) is 0 Å². The van der Waals surface area contributed by atoms with Crippen molar-refractivity contribution >= 4 is 11.6 Å². The molecular weight excluding hydrogens is 128 g/mol. The monoisotopic (exact) mass is 138 g/mol. The highest BCUT2D eigenvalue weighted by molar-refractivity contribution is 5.79. The van der Waals surface area contributed by atoms with E-state index in [1.165, 1.54) is 0 Å². The van der Waals surface area contributed by atoms with Crippen LogP contribution in [0.2, 0.25) is 0 Å². The van der Waals surface area contributed by atoms with Crippen molar-refractivity contribution in [1.29, 1.82) is 0 Å². The first-order chi connectivity index (χ1) is 4.79. The number of carbonyl (C=O) groups excluding carboxylic acids is 1. The second-order valence-electron chi connectivity index (χ2n) is 2.14. The molecule has 0 aromatic carbocycles. The molecule has 0 spiro atoms. The number of carbonyl (C=O) groups is 1. The first-order valence-corrected chi connectivity index (χ1v) is 3.16. The van der Waals surface area contributed by atoms with Gasteiger partial charge in [0.2, 0.25) is 0 Å². The van der Waals surface area contributed by atoms with E-state index in [9.17, 15) is 4.79 Å². The number of hydrogen-bond acceptors (Lipinski definition) is 2. The molecule has 0 unspecified atom stereocenters. The summed E-state index contributed by atoms with van der Waals surface area (Å²) in [5.74, 6) is 1.02. The fourth-order valence-electron chi connectivity index (χ4n) is 0.660. The molecular formula is C7H10N2O. The maximum Gasteiger partial charge on any atom is 0.148 e. The van der Waals surface area contributed by atoms with Crippen molar-refractivity contribution in [2.45, 2.75) is 6.92 Å². The van der Waals surface area contributed by atoms with Crippen LogP contribution in [-0.2, 0) is 4.79 Å². The Balaban J connectivity index is 2.35. The van der Waals surface area contributed by atoms with E-state index in [1.54, 1.807) is 6.92 Å². The molecule has 0 fully saturated rings. The van der Waals surface area contributed by atoms with Crippen LogP contribution in [0.15, 0.2) is 18.3 Å². The Kier molecular flexibility index (Phi) is 2.10. The summed E-state index contributed by atoms with van der Waals surface area (Å²) in [5.41, 5.74) is 0. The molecule has 0 saturated carbocycles. The Morgan fingerprint density at radius 3 is 3.10 bits per heavy atom. The van der Waals surface area contributed by atoms with Crippen molar-refractivity contribution in [3.8, 4) is 0 Å². The lowest BCUT2D eigenvalue weighted by molar-refractivity contribution is -0.115. The first kappa shape index (κ1) is 6.86. The molecule has 10 heavy (non-hydrogen) atoms. The van der Waals surface area contributed by atoms with Gasteiger partial charge in [-0.1, -0.05) is 0 Å². The van der Waals surface area contributed by atoms with E-state index in [-0.39, 0.29) is 5.78 Å². The largest absolute Gasteiger partial charge is 0.365 e. The average molecular weight is 138 g/mol. The molecule has 0 aliphatic carbocycles. The number of Topliss-reactive ketones (excluding diaryl/α,β-unsaturated/α-hetero) is 1. The third-order valence-corrected chi connectivity index (χ3v) is 1.13. The minimum Gasteiger partial charge on any atom is -0.365 e. The molecule has 1 heterocycles. The molecule has 0 atom stereocenters. The lowest BCUT2D eigenvalue weighted by Crippen LogP contribution is -2.09. The zero-order chi connectivity index (χ0) is 7.40. The van der Waals surface area contributed by atoms with Crippen LogP contribution in [0.3, 0.4) is 0 Å². The van der Waals surface area contributed by atoms with Gasteiger partial charge < -0.3 is 10.3 Å². The van der Waals surface area contributed by atoms with Gasteiger partial charge in [-0.2, -0.15) is 0 Å². The average Bonchev–Trinajstić information content (AvgIpc) is 2.34. The zero-order valence-electron chi connectivity index (χ0n) is 5.85. The number of aromatic nitrogens is 1. The molecule has 1 aromatic heterocycles. The second-order valence-corrected chi connectivity index (χ2v) is 2.14. The molecule has 3 heteroatoms. The normalized spacial score (nSPS) is 9.30. The van der Waals surface area contributed by atoms with Crippen molar-refractivity contribution in [3.63, 3.8) is 0 Å². The van der Waals surface area contributed by atoms with Gasteiger partial charge in [0.15, 0.2) is 0 Å². The Morgan fingerprint density at radius 2 is 2.60 bits per heavy atom. The number of rotatable bonds is 3. The van der Waals surface area contributed by atoms with E-state index in [0.29, 0.717) is 6.54 Å². The van der Waals surface area contributed by atoms with E-state index < -0.39 is 0 Å². The smallest absolute Gasteiger partial charge is 0.148 e. The molecule has 0 bridgehead atoms. The summed E-state index contributed by atoms with van der Waals surface area (Å²) >= 11 is 0. The Hall–Kier alpha value is -1.25. The van der Waals surface area contributed by atoms with Crippen molar-refractivity contribution < 1.29 is 4.79 Å². The van der Waals surface area contributed by atoms with Crippen molar-refractivity contribution in [2.24, 2.45) is 0 Å². The van der Waals surface area contributed by atoms with Gasteiger partial charge >= 0.3 is 0 Å². The van der Waals surface area contributed by atoms with Gasteiger partial charge in [0.05, 0.1) is 6.54 Å². The summed E-state index contributed by atoms with van der Waals surface area (Å²) < 4.78 is 0. The molecule has 0 radical (unpaired) electrons. The number of ketones is 1. The highest BCUT2D eigenvalue weighted by Crippen LogP contribution is 1.99. The molecule has 1 rings (SSSR count). The van der Waals surface area contributed by atoms with Crippen LogP contribution in [0.1, 0.15) is 6.92 Å². The van der Waals surface area contributed by atoms with Crippen LogP contribution in [0.4, 0.5) is 5.82 Å². The number of H-pyrrole nitrogens is 1. The predicted molar refractivity (Wildman–Crippen MR) is 40.0 cm³/mol. The van der Waals surface area contributed by atoms with Crippen molar-refractivity contribution in [2.75, 3.05) is 11.9 Å². The van der Waals surface area contributed by atoms with Gasteiger partial charge in [0.1, 0.15) is 11.6 Å². The fourth-order valence-corrected chi connectivity index (χ4v) is 0.660. The van der Waals surface area contributed by atoms with Crippen molar-refractivity contribution in [3.05, 3.63) is 18.3 Å². The first-order valence-electron chi connectivity index (χ1n) is 3.16. The highest BCUT2D eigenvalue weighted by atomic mass is 16.1. The highest BCUT2D eigenvalue weighted by Gasteiger charge is 1.92. The van der Waals surface area contributed by atoms with Gasteiger partial charge in [0.25, 0.3) is 0 Å². The lowest BCUT2D eigenvalue weighted by Gasteiger charge is -1.97. The maximum absolute atomic E-state index is 10.5. The third-order valence-electron chi connectivity index (χ3n) is 1.13. The van der Waals surface area contributed by atoms with Crippen LogP contribution in [0, 0.1) is 0 Å². The third kappa shape index (κ3) is 1.93. The summed E-state index contributed by atoms with van der Waals surface area (Å²) in [6.45, 7) is 1.94.